The van der Waals surface area contributed by atoms with Gasteiger partial charge in [0.15, 0.2) is 0 Å². The molecule has 6 heteroatoms. The van der Waals surface area contributed by atoms with Crippen molar-refractivity contribution in [2.75, 3.05) is 23.7 Å². The molecule has 1 aliphatic rings. The lowest BCUT2D eigenvalue weighted by Gasteiger charge is -2.27. The van der Waals surface area contributed by atoms with Crippen molar-refractivity contribution in [1.82, 2.24) is 9.36 Å². The fourth-order valence-electron chi connectivity index (χ4n) is 2.88. The first-order chi connectivity index (χ1) is 9.86. The van der Waals surface area contributed by atoms with Crippen LogP contribution in [-0.2, 0) is 0 Å². The van der Waals surface area contributed by atoms with Gasteiger partial charge in [-0.2, -0.15) is 4.37 Å². The van der Waals surface area contributed by atoms with E-state index in [0.717, 1.165) is 29.4 Å². The minimum Gasteiger partial charge on any atom is -0.382 e. The van der Waals surface area contributed by atoms with Crippen LogP contribution in [-0.4, -0.2) is 22.4 Å². The smallest absolute Gasteiger partial charge is 0.148 e. The quantitative estimate of drug-likeness (QED) is 0.907. The number of hydrogen-bond acceptors (Lipinski definition) is 6. The molecule has 1 saturated heterocycles. The van der Waals surface area contributed by atoms with Crippen LogP contribution in [0.3, 0.4) is 0 Å². The van der Waals surface area contributed by atoms with E-state index in [1.54, 1.807) is 11.3 Å². The van der Waals surface area contributed by atoms with E-state index in [-0.39, 0.29) is 0 Å². The Hall–Kier alpha value is -1.14. The summed E-state index contributed by atoms with van der Waals surface area (Å²) in [5.41, 5.74) is 8.45. The molecule has 1 fully saturated rings. The third-order valence-electron chi connectivity index (χ3n) is 4.28. The summed E-state index contributed by atoms with van der Waals surface area (Å²) in [5.74, 6) is 1.32. The third-order valence-corrected chi connectivity index (χ3v) is 5.97. The topological polar surface area (TPSA) is 55.0 Å². The normalized spacial score (nSPS) is 19.4. The highest BCUT2D eigenvalue weighted by molar-refractivity contribution is 7.11. The van der Waals surface area contributed by atoms with Gasteiger partial charge in [-0.25, -0.2) is 4.98 Å². The molecule has 0 saturated carbocycles. The zero-order valence-corrected chi connectivity index (χ0v) is 14.6. The van der Waals surface area contributed by atoms with Crippen molar-refractivity contribution < 1.29 is 0 Å². The number of nitrogen functional groups attached to an aromatic ring is 1. The zero-order valence-electron chi connectivity index (χ0n) is 13.0. The van der Waals surface area contributed by atoms with Crippen molar-refractivity contribution in [3.8, 4) is 11.3 Å². The molecule has 3 heterocycles. The first-order valence-electron chi connectivity index (χ1n) is 7.29. The van der Waals surface area contributed by atoms with Crippen LogP contribution in [0.4, 0.5) is 10.8 Å². The zero-order chi connectivity index (χ0) is 15.2. The number of aromatic nitrogens is 2. The van der Waals surface area contributed by atoms with Gasteiger partial charge in [-0.15, -0.1) is 11.3 Å². The summed E-state index contributed by atoms with van der Waals surface area (Å²) in [6, 6.07) is 0. The summed E-state index contributed by atoms with van der Waals surface area (Å²) in [6.07, 6.45) is 1.23. The average molecular weight is 323 g/mol. The molecule has 1 atom stereocenters. The molecule has 21 heavy (non-hydrogen) atoms. The van der Waals surface area contributed by atoms with E-state index in [1.165, 1.54) is 23.0 Å². The van der Waals surface area contributed by atoms with Gasteiger partial charge in [-0.3, -0.25) is 0 Å². The summed E-state index contributed by atoms with van der Waals surface area (Å²) in [5, 5.41) is 4.33. The van der Waals surface area contributed by atoms with E-state index in [0.29, 0.717) is 17.2 Å². The summed E-state index contributed by atoms with van der Waals surface area (Å²) in [7, 11) is 0. The predicted molar refractivity (Wildman–Crippen MR) is 92.1 cm³/mol. The maximum absolute atomic E-state index is 6.11. The molecular formula is C15H22N4S2. The van der Waals surface area contributed by atoms with Crippen LogP contribution in [0.25, 0.3) is 11.3 Å². The average Bonchev–Trinajstić information content (AvgIpc) is 3.06. The van der Waals surface area contributed by atoms with E-state index in [2.05, 4.69) is 40.4 Å². The molecule has 2 aromatic rings. The summed E-state index contributed by atoms with van der Waals surface area (Å²) in [6.45, 7) is 11.2. The Bertz CT molecular complexity index is 638. The fraction of sp³-hybridized carbons (Fsp3) is 0.600. The molecule has 0 aliphatic carbocycles. The Morgan fingerprint density at radius 2 is 2.14 bits per heavy atom. The van der Waals surface area contributed by atoms with Gasteiger partial charge in [0.05, 0.1) is 16.3 Å². The van der Waals surface area contributed by atoms with Crippen LogP contribution in [0.1, 0.15) is 32.2 Å². The SMILES string of the molecule is Cc1nc(-c2c(N)nsc2N2CCC(C(C)(C)C)C2)cs1. The number of nitrogens with two attached hydrogens (primary N) is 1. The lowest BCUT2D eigenvalue weighted by Crippen LogP contribution is -2.25. The highest BCUT2D eigenvalue weighted by Crippen LogP contribution is 2.43. The van der Waals surface area contributed by atoms with Crippen molar-refractivity contribution in [3.05, 3.63) is 10.4 Å². The van der Waals surface area contributed by atoms with Gasteiger partial charge in [-0.05, 0) is 36.2 Å². The Balaban J connectivity index is 1.91. The number of rotatable bonds is 2. The summed E-state index contributed by atoms with van der Waals surface area (Å²) in [4.78, 5) is 7.03. The van der Waals surface area contributed by atoms with Crippen LogP contribution in [0.2, 0.25) is 0 Å². The minimum atomic E-state index is 0.350. The van der Waals surface area contributed by atoms with Gasteiger partial charge in [0.2, 0.25) is 0 Å². The van der Waals surface area contributed by atoms with E-state index in [9.17, 15) is 0 Å². The number of nitrogens with zero attached hydrogens (tertiary/aromatic N) is 3. The minimum absolute atomic E-state index is 0.350. The molecule has 1 unspecified atom stereocenters. The largest absolute Gasteiger partial charge is 0.382 e. The molecule has 1 aliphatic heterocycles. The Morgan fingerprint density at radius 3 is 2.71 bits per heavy atom. The van der Waals surface area contributed by atoms with Crippen LogP contribution in [0.5, 0.6) is 0 Å². The molecule has 2 N–H and O–H groups in total. The van der Waals surface area contributed by atoms with Crippen LogP contribution in [0.15, 0.2) is 5.38 Å². The van der Waals surface area contributed by atoms with E-state index in [1.807, 2.05) is 6.92 Å². The van der Waals surface area contributed by atoms with E-state index in [4.69, 9.17) is 5.73 Å². The van der Waals surface area contributed by atoms with Crippen LogP contribution >= 0.6 is 22.9 Å². The second kappa shape index (κ2) is 5.25. The van der Waals surface area contributed by atoms with Gasteiger partial charge in [0.25, 0.3) is 0 Å². The second-order valence-electron chi connectivity index (χ2n) is 6.80. The van der Waals surface area contributed by atoms with Crippen molar-refractivity contribution in [2.45, 2.75) is 34.1 Å². The Morgan fingerprint density at radius 1 is 1.38 bits per heavy atom. The standard InChI is InChI=1S/C15H22N4S2/c1-9-17-11(8-20-9)12-13(16)18-21-14(12)19-6-5-10(7-19)15(2,3)4/h8,10H,5-7H2,1-4H3,(H2,16,18). The molecule has 2 aromatic heterocycles. The monoisotopic (exact) mass is 322 g/mol. The predicted octanol–water partition coefficient (Wildman–Crippen LogP) is 4.03. The summed E-state index contributed by atoms with van der Waals surface area (Å²) < 4.78 is 4.38. The number of hydrogen-bond donors (Lipinski definition) is 1. The van der Waals surface area contributed by atoms with Gasteiger partial charge in [-0.1, -0.05) is 20.8 Å². The first kappa shape index (κ1) is 14.8. The van der Waals surface area contributed by atoms with Crippen LogP contribution < -0.4 is 10.6 Å². The molecule has 0 amide bonds. The molecule has 0 radical (unpaired) electrons. The molecule has 0 aromatic carbocycles. The lowest BCUT2D eigenvalue weighted by atomic mass is 9.80. The highest BCUT2D eigenvalue weighted by Gasteiger charge is 2.34. The number of aryl methyl sites for hydroxylation is 1. The molecule has 3 rings (SSSR count). The third kappa shape index (κ3) is 2.79. The summed E-state index contributed by atoms with van der Waals surface area (Å²) >= 11 is 3.16. The molecular weight excluding hydrogens is 300 g/mol. The maximum atomic E-state index is 6.11. The Labute approximate surface area is 134 Å². The maximum Gasteiger partial charge on any atom is 0.148 e. The van der Waals surface area contributed by atoms with Crippen molar-refractivity contribution in [1.29, 1.82) is 0 Å². The second-order valence-corrected chi connectivity index (χ2v) is 8.61. The Kier molecular flexibility index (Phi) is 3.69. The van der Waals surface area contributed by atoms with E-state index < -0.39 is 0 Å². The van der Waals surface area contributed by atoms with Crippen molar-refractivity contribution in [2.24, 2.45) is 11.3 Å². The van der Waals surface area contributed by atoms with Gasteiger partial charge in [0.1, 0.15) is 10.8 Å². The number of thiazole rings is 1. The highest BCUT2D eigenvalue weighted by atomic mass is 32.1. The number of anilines is 2. The fourth-order valence-corrected chi connectivity index (χ4v) is 4.34. The molecule has 114 valence electrons. The molecule has 4 nitrogen and oxygen atoms in total. The van der Waals surface area contributed by atoms with E-state index >= 15 is 0 Å². The van der Waals surface area contributed by atoms with Gasteiger partial charge in [0, 0.05) is 18.5 Å². The van der Waals surface area contributed by atoms with Crippen molar-refractivity contribution >= 4 is 33.7 Å². The molecule has 0 bridgehead atoms. The molecule has 0 spiro atoms. The van der Waals surface area contributed by atoms with Crippen molar-refractivity contribution in [3.63, 3.8) is 0 Å². The first-order valence-corrected chi connectivity index (χ1v) is 8.94. The van der Waals surface area contributed by atoms with Gasteiger partial charge >= 0.3 is 0 Å². The lowest BCUT2D eigenvalue weighted by molar-refractivity contribution is 0.263. The van der Waals surface area contributed by atoms with Crippen LogP contribution in [0, 0.1) is 18.3 Å². The van der Waals surface area contributed by atoms with Gasteiger partial charge < -0.3 is 10.6 Å².